The highest BCUT2D eigenvalue weighted by Gasteiger charge is 2.40. The van der Waals surface area contributed by atoms with Gasteiger partial charge in [-0.15, -0.1) is 0 Å². The number of likely N-dealkylation sites (N-methyl/N-ethyl adjacent to an activating group) is 1. The van der Waals surface area contributed by atoms with Gasteiger partial charge >= 0.3 is 8.56 Å². The average Bonchev–Trinajstić information content (AvgIpc) is 2.86. The number of hydrogen-bond acceptors (Lipinski definition) is 5. The summed E-state index contributed by atoms with van der Waals surface area (Å²) in [5, 5.41) is 0. The summed E-state index contributed by atoms with van der Waals surface area (Å²) < 4.78 is 19.5. The van der Waals surface area contributed by atoms with Gasteiger partial charge in [-0.25, -0.2) is 0 Å². The summed E-state index contributed by atoms with van der Waals surface area (Å²) in [4.78, 5) is 4.94. The first-order valence-corrected chi connectivity index (χ1v) is 24.5. The van der Waals surface area contributed by atoms with E-state index in [-0.39, 0.29) is 5.54 Å². The predicted molar refractivity (Wildman–Crippen MR) is 179 cm³/mol. The van der Waals surface area contributed by atoms with Crippen LogP contribution in [0.4, 0.5) is 5.69 Å². The van der Waals surface area contributed by atoms with Gasteiger partial charge in [0.2, 0.25) is 0 Å². The Balaban J connectivity index is 1.99. The minimum atomic E-state index is -2.35. The second-order valence-corrected chi connectivity index (χ2v) is 26.8. The van der Waals surface area contributed by atoms with Crippen LogP contribution in [0.15, 0.2) is 48.5 Å². The lowest BCUT2D eigenvalue weighted by Gasteiger charge is -2.41. The zero-order chi connectivity index (χ0) is 29.6. The molecule has 1 saturated heterocycles. The molecule has 1 aliphatic heterocycles. The summed E-state index contributed by atoms with van der Waals surface area (Å²) in [6, 6.07) is 19.2. The van der Waals surface area contributed by atoms with Crippen molar-refractivity contribution in [1.29, 1.82) is 0 Å². The van der Waals surface area contributed by atoms with E-state index in [0.717, 1.165) is 58.0 Å². The maximum Gasteiger partial charge on any atom is 0.314 e. The van der Waals surface area contributed by atoms with Crippen molar-refractivity contribution in [2.24, 2.45) is 0 Å². The first-order valence-electron chi connectivity index (χ1n) is 15.2. The van der Waals surface area contributed by atoms with E-state index in [2.05, 4.69) is 125 Å². The van der Waals surface area contributed by atoms with Gasteiger partial charge in [0, 0.05) is 24.3 Å². The van der Waals surface area contributed by atoms with Crippen LogP contribution in [0.5, 0.6) is 0 Å². The van der Waals surface area contributed by atoms with E-state index in [1.807, 2.05) is 0 Å². The molecule has 0 radical (unpaired) electrons. The Morgan fingerprint density at radius 2 is 1.43 bits per heavy atom. The topological polar surface area (TPSA) is 34.2 Å². The molecule has 0 bridgehead atoms. The van der Waals surface area contributed by atoms with Gasteiger partial charge in [0.05, 0.1) is 13.2 Å². The molecule has 224 valence electrons. The van der Waals surface area contributed by atoms with Crippen molar-refractivity contribution in [2.75, 3.05) is 45.3 Å². The predicted octanol–water partition coefficient (Wildman–Crippen LogP) is 7.34. The molecule has 1 fully saturated rings. The fourth-order valence-electron chi connectivity index (χ4n) is 6.09. The lowest BCUT2D eigenvalue weighted by molar-refractivity contribution is 0.122. The van der Waals surface area contributed by atoms with Crippen LogP contribution < -0.4 is 4.90 Å². The number of morpholine rings is 1. The van der Waals surface area contributed by atoms with E-state index >= 15 is 0 Å². The number of aryl methyl sites for hydroxylation is 1. The van der Waals surface area contributed by atoms with Crippen molar-refractivity contribution in [2.45, 2.75) is 90.0 Å². The monoisotopic (exact) mass is 600 g/mol. The zero-order valence-electron chi connectivity index (χ0n) is 27.1. The molecule has 40 heavy (non-hydrogen) atoms. The van der Waals surface area contributed by atoms with E-state index in [1.165, 1.54) is 22.4 Å². The number of rotatable bonds is 14. The molecular weight excluding hydrogens is 545 g/mol. The van der Waals surface area contributed by atoms with Crippen molar-refractivity contribution in [3.8, 4) is 0 Å². The fraction of sp³-hybridized carbons (Fsp3) is 0.625. The van der Waals surface area contributed by atoms with Crippen LogP contribution in [-0.4, -0.2) is 76.0 Å². The largest absolute Gasteiger partial charge is 0.437 e. The van der Waals surface area contributed by atoms with Gasteiger partial charge in [-0.2, -0.15) is 0 Å². The first kappa shape index (κ1) is 33.2. The molecule has 0 N–H and O–H groups in total. The van der Waals surface area contributed by atoms with Crippen LogP contribution in [0, 0.1) is 0 Å². The summed E-state index contributed by atoms with van der Waals surface area (Å²) in [5.74, 6) is 0. The minimum absolute atomic E-state index is 0.0426. The third kappa shape index (κ3) is 9.93. The minimum Gasteiger partial charge on any atom is -0.437 e. The SMILES string of the molecule is CCC(Cc1ccccc1)(Cc1ccc(N2CCOCC2)cc1CC[Si](C)(O[Si](C)(C)C)O[Si](C)(C)C)N(C)C. The Morgan fingerprint density at radius 3 is 1.95 bits per heavy atom. The van der Waals surface area contributed by atoms with Crippen molar-refractivity contribution in [3.05, 3.63) is 65.2 Å². The summed E-state index contributed by atoms with van der Waals surface area (Å²) in [7, 11) is -1.36. The number of ether oxygens (including phenoxy) is 1. The van der Waals surface area contributed by atoms with Crippen molar-refractivity contribution in [3.63, 3.8) is 0 Å². The van der Waals surface area contributed by atoms with Crippen LogP contribution in [0.2, 0.25) is 51.9 Å². The molecule has 0 aromatic heterocycles. The van der Waals surface area contributed by atoms with E-state index in [9.17, 15) is 0 Å². The van der Waals surface area contributed by atoms with Crippen LogP contribution >= 0.6 is 0 Å². The van der Waals surface area contributed by atoms with Crippen LogP contribution in [-0.2, 0) is 32.2 Å². The van der Waals surface area contributed by atoms with Crippen LogP contribution in [0.1, 0.15) is 30.0 Å². The fourth-order valence-corrected chi connectivity index (χ4v) is 18.5. The Kier molecular flexibility index (Phi) is 11.5. The molecule has 1 heterocycles. The summed E-state index contributed by atoms with van der Waals surface area (Å²) >= 11 is 0. The number of hydrogen-bond donors (Lipinski definition) is 0. The molecule has 1 unspecified atom stereocenters. The van der Waals surface area contributed by atoms with Crippen LogP contribution in [0.3, 0.4) is 0 Å². The molecular formula is C32H56N2O3Si3. The summed E-state index contributed by atoms with van der Waals surface area (Å²) in [5.41, 5.74) is 5.67. The quantitative estimate of drug-likeness (QED) is 0.212. The molecule has 2 aromatic carbocycles. The zero-order valence-corrected chi connectivity index (χ0v) is 30.1. The summed E-state index contributed by atoms with van der Waals surface area (Å²) in [6.45, 7) is 22.0. The Bertz CT molecular complexity index is 1050. The van der Waals surface area contributed by atoms with Gasteiger partial charge in [0.25, 0.3) is 0 Å². The standard InChI is InChI=1S/C32H56N2O3Si3/c1-11-32(33(2)3,26-28-15-13-12-14-16-28)27-30-17-18-31(34-20-22-35-23-21-34)25-29(30)19-24-40(10,36-38(4,5)6)37-39(7,8)9/h12-18,25H,11,19-24,26-27H2,1-10H3. The molecule has 5 nitrogen and oxygen atoms in total. The van der Waals surface area contributed by atoms with Crippen LogP contribution in [0.25, 0.3) is 0 Å². The maximum atomic E-state index is 6.90. The normalized spacial score (nSPS) is 16.8. The van der Waals surface area contributed by atoms with E-state index in [0.29, 0.717) is 0 Å². The third-order valence-corrected chi connectivity index (χ3v) is 17.5. The molecule has 2 aromatic rings. The highest BCUT2D eigenvalue weighted by Crippen LogP contribution is 2.33. The Labute approximate surface area is 248 Å². The van der Waals surface area contributed by atoms with Crippen molar-refractivity contribution in [1.82, 2.24) is 4.90 Å². The second-order valence-electron chi connectivity index (χ2n) is 13.9. The van der Waals surface area contributed by atoms with Gasteiger partial charge in [-0.3, -0.25) is 0 Å². The number of nitrogens with zero attached hydrogens (tertiary/aromatic N) is 2. The smallest absolute Gasteiger partial charge is 0.314 e. The van der Waals surface area contributed by atoms with Crippen molar-refractivity contribution < 1.29 is 13.0 Å². The van der Waals surface area contributed by atoms with Gasteiger partial charge in [0.15, 0.2) is 16.6 Å². The van der Waals surface area contributed by atoms with Crippen molar-refractivity contribution >= 4 is 30.9 Å². The summed E-state index contributed by atoms with van der Waals surface area (Å²) in [6.07, 6.45) is 4.13. The molecule has 1 aliphatic rings. The molecule has 3 rings (SSSR count). The van der Waals surface area contributed by atoms with Gasteiger partial charge in [-0.05, 0) is 120 Å². The third-order valence-electron chi connectivity index (χ3n) is 7.96. The molecule has 1 atom stereocenters. The van der Waals surface area contributed by atoms with Gasteiger partial charge in [-0.1, -0.05) is 43.3 Å². The maximum absolute atomic E-state index is 6.90. The van der Waals surface area contributed by atoms with Gasteiger partial charge in [0.1, 0.15) is 0 Å². The lowest BCUT2D eigenvalue weighted by Crippen LogP contribution is -2.52. The lowest BCUT2D eigenvalue weighted by atomic mass is 9.80. The Morgan fingerprint density at radius 1 is 0.825 bits per heavy atom. The van der Waals surface area contributed by atoms with E-state index < -0.39 is 25.2 Å². The number of benzene rings is 2. The molecule has 0 spiro atoms. The highest BCUT2D eigenvalue weighted by atomic mass is 28.5. The Hall–Kier alpha value is -1.27. The molecule has 0 saturated carbocycles. The molecule has 0 amide bonds. The molecule has 0 aliphatic carbocycles. The second kappa shape index (κ2) is 13.8. The number of anilines is 1. The first-order chi connectivity index (χ1) is 18.6. The molecule has 8 heteroatoms. The van der Waals surface area contributed by atoms with E-state index in [1.54, 1.807) is 0 Å². The highest BCUT2D eigenvalue weighted by molar-refractivity contribution is 6.87. The van der Waals surface area contributed by atoms with Gasteiger partial charge < -0.3 is 22.8 Å². The van der Waals surface area contributed by atoms with E-state index in [4.69, 9.17) is 13.0 Å². The average molecular weight is 601 g/mol.